The minimum absolute atomic E-state index is 0.264. The molecule has 1 aliphatic heterocycles. The van der Waals surface area contributed by atoms with Gasteiger partial charge in [-0.2, -0.15) is 0 Å². The lowest BCUT2D eigenvalue weighted by atomic mass is 9.85. The Labute approximate surface area is 137 Å². The highest BCUT2D eigenvalue weighted by molar-refractivity contribution is 9.10. The number of hydrogen-bond acceptors (Lipinski definition) is 3. The Hall–Kier alpha value is -0.450. The number of piperazine rings is 1. The van der Waals surface area contributed by atoms with E-state index in [1.54, 1.807) is 0 Å². The fourth-order valence-electron chi connectivity index (χ4n) is 3.25. The molecule has 21 heavy (non-hydrogen) atoms. The van der Waals surface area contributed by atoms with Crippen molar-refractivity contribution >= 4 is 15.9 Å². The van der Waals surface area contributed by atoms with Gasteiger partial charge in [-0.05, 0) is 46.8 Å². The number of hydrogen-bond donors (Lipinski definition) is 1. The van der Waals surface area contributed by atoms with Crippen LogP contribution in [0.5, 0.6) is 0 Å². The summed E-state index contributed by atoms with van der Waals surface area (Å²) in [6.07, 6.45) is 4.26. The molecule has 2 rings (SSSR count). The first-order chi connectivity index (χ1) is 10.0. The summed E-state index contributed by atoms with van der Waals surface area (Å²) in [7, 11) is 0. The normalized spacial score (nSPS) is 22.7. The van der Waals surface area contributed by atoms with Gasteiger partial charge in [0.05, 0.1) is 5.69 Å². The van der Waals surface area contributed by atoms with Crippen LogP contribution in [0.15, 0.2) is 22.8 Å². The average molecular weight is 354 g/mol. The molecule has 0 aromatic carbocycles. The van der Waals surface area contributed by atoms with Gasteiger partial charge in [-0.15, -0.1) is 0 Å². The van der Waals surface area contributed by atoms with E-state index in [2.05, 4.69) is 71.0 Å². The predicted octanol–water partition coefficient (Wildman–Crippen LogP) is 3.83. The van der Waals surface area contributed by atoms with E-state index < -0.39 is 0 Å². The number of halogens is 1. The van der Waals surface area contributed by atoms with Crippen LogP contribution in [0.25, 0.3) is 0 Å². The fourth-order valence-corrected chi connectivity index (χ4v) is 3.48. The summed E-state index contributed by atoms with van der Waals surface area (Å²) < 4.78 is 1.05. The summed E-state index contributed by atoms with van der Waals surface area (Å²) in [6.45, 7) is 12.4. The van der Waals surface area contributed by atoms with Gasteiger partial charge in [0, 0.05) is 41.9 Å². The molecule has 118 valence electrons. The van der Waals surface area contributed by atoms with Crippen LogP contribution in [0.4, 0.5) is 0 Å². The molecule has 1 unspecified atom stereocenters. The smallest absolute Gasteiger partial charge is 0.0545 e. The van der Waals surface area contributed by atoms with E-state index in [9.17, 15) is 0 Å². The Morgan fingerprint density at radius 3 is 2.62 bits per heavy atom. The number of aromatic nitrogens is 1. The molecule has 0 spiro atoms. The molecular formula is C17H28BrN3. The number of pyridine rings is 1. The Kier molecular flexibility index (Phi) is 5.81. The van der Waals surface area contributed by atoms with Crippen LogP contribution in [-0.2, 0) is 6.54 Å². The Morgan fingerprint density at radius 2 is 2.10 bits per heavy atom. The van der Waals surface area contributed by atoms with E-state index >= 15 is 0 Å². The van der Waals surface area contributed by atoms with Gasteiger partial charge in [-0.25, -0.2) is 0 Å². The Balaban J connectivity index is 2.18. The van der Waals surface area contributed by atoms with Gasteiger partial charge in [-0.3, -0.25) is 9.88 Å². The van der Waals surface area contributed by atoms with E-state index in [4.69, 9.17) is 0 Å². The minimum Gasteiger partial charge on any atom is -0.311 e. The number of nitrogens with zero attached hydrogens (tertiary/aromatic N) is 2. The van der Waals surface area contributed by atoms with Crippen molar-refractivity contribution < 1.29 is 0 Å². The van der Waals surface area contributed by atoms with Crippen LogP contribution in [0.2, 0.25) is 0 Å². The van der Waals surface area contributed by atoms with Gasteiger partial charge in [-0.1, -0.05) is 27.7 Å². The molecule has 1 aromatic rings. The van der Waals surface area contributed by atoms with Gasteiger partial charge in [0.1, 0.15) is 0 Å². The van der Waals surface area contributed by atoms with Gasteiger partial charge in [0.2, 0.25) is 0 Å². The number of rotatable bonds is 5. The third kappa shape index (κ3) is 3.85. The summed E-state index contributed by atoms with van der Waals surface area (Å²) in [5.41, 5.74) is 1.43. The van der Waals surface area contributed by atoms with Gasteiger partial charge < -0.3 is 5.32 Å². The highest BCUT2D eigenvalue weighted by Gasteiger charge is 2.39. The van der Waals surface area contributed by atoms with Crippen molar-refractivity contribution in [3.8, 4) is 0 Å². The summed E-state index contributed by atoms with van der Waals surface area (Å²) in [5.74, 6) is 0.664. The predicted molar refractivity (Wildman–Crippen MR) is 92.3 cm³/mol. The maximum Gasteiger partial charge on any atom is 0.0545 e. The molecule has 2 heterocycles. The van der Waals surface area contributed by atoms with Gasteiger partial charge >= 0.3 is 0 Å². The second kappa shape index (κ2) is 7.21. The molecule has 1 fully saturated rings. The molecular weight excluding hydrogens is 326 g/mol. The molecule has 3 nitrogen and oxygen atoms in total. The Morgan fingerprint density at radius 1 is 1.38 bits per heavy atom. The van der Waals surface area contributed by atoms with Crippen molar-refractivity contribution in [3.63, 3.8) is 0 Å². The summed E-state index contributed by atoms with van der Waals surface area (Å²) in [6, 6.07) is 4.79. The van der Waals surface area contributed by atoms with Crippen LogP contribution < -0.4 is 5.32 Å². The molecule has 1 atom stereocenters. The van der Waals surface area contributed by atoms with E-state index in [0.29, 0.717) is 12.0 Å². The first-order valence-electron chi connectivity index (χ1n) is 8.09. The van der Waals surface area contributed by atoms with Crippen molar-refractivity contribution in [2.24, 2.45) is 5.92 Å². The standard InChI is InChI=1S/C17H28BrN3/c1-5-17(6-2)12-20-16(13(3)4)11-21(17)10-15-8-7-14(18)9-19-15/h7-9,13,16,20H,5-6,10-12H2,1-4H3. The molecule has 1 saturated heterocycles. The maximum absolute atomic E-state index is 4.57. The summed E-state index contributed by atoms with van der Waals surface area (Å²) >= 11 is 3.46. The third-order valence-corrected chi connectivity index (χ3v) is 5.51. The largest absolute Gasteiger partial charge is 0.311 e. The molecule has 1 aromatic heterocycles. The van der Waals surface area contributed by atoms with E-state index in [0.717, 1.165) is 29.8 Å². The highest BCUT2D eigenvalue weighted by Crippen LogP contribution is 2.29. The zero-order valence-electron chi connectivity index (χ0n) is 13.7. The van der Waals surface area contributed by atoms with Gasteiger partial charge in [0.15, 0.2) is 0 Å². The van der Waals surface area contributed by atoms with Crippen molar-refractivity contribution in [2.75, 3.05) is 13.1 Å². The highest BCUT2D eigenvalue weighted by atomic mass is 79.9. The number of nitrogens with one attached hydrogen (secondary N) is 1. The molecule has 0 amide bonds. The van der Waals surface area contributed by atoms with Crippen LogP contribution in [0.3, 0.4) is 0 Å². The first kappa shape index (κ1) is 16.9. The zero-order valence-corrected chi connectivity index (χ0v) is 15.3. The molecule has 0 saturated carbocycles. The first-order valence-corrected chi connectivity index (χ1v) is 8.89. The maximum atomic E-state index is 4.57. The van der Waals surface area contributed by atoms with Crippen molar-refractivity contribution in [1.82, 2.24) is 15.2 Å². The molecule has 0 aliphatic carbocycles. The fraction of sp³-hybridized carbons (Fsp3) is 0.706. The van der Waals surface area contributed by atoms with Crippen LogP contribution in [-0.4, -0.2) is 34.6 Å². The summed E-state index contributed by atoms with van der Waals surface area (Å²) in [4.78, 5) is 7.22. The molecule has 0 radical (unpaired) electrons. The molecule has 0 bridgehead atoms. The van der Waals surface area contributed by atoms with E-state index in [1.807, 2.05) is 6.20 Å². The quantitative estimate of drug-likeness (QED) is 0.871. The molecule has 4 heteroatoms. The minimum atomic E-state index is 0.264. The van der Waals surface area contributed by atoms with Crippen molar-refractivity contribution in [2.45, 2.75) is 58.7 Å². The monoisotopic (exact) mass is 353 g/mol. The topological polar surface area (TPSA) is 28.2 Å². The second-order valence-electron chi connectivity index (χ2n) is 6.51. The van der Waals surface area contributed by atoms with E-state index in [-0.39, 0.29) is 5.54 Å². The molecule has 1 aliphatic rings. The SMILES string of the molecule is CCC1(CC)CNC(C(C)C)CN1Cc1ccc(Br)cn1. The van der Waals surface area contributed by atoms with Crippen molar-refractivity contribution in [1.29, 1.82) is 0 Å². The van der Waals surface area contributed by atoms with E-state index in [1.165, 1.54) is 12.8 Å². The van der Waals surface area contributed by atoms with Crippen LogP contribution in [0.1, 0.15) is 46.2 Å². The lowest BCUT2D eigenvalue weighted by molar-refractivity contribution is 0.0146. The third-order valence-electron chi connectivity index (χ3n) is 5.04. The molecule has 1 N–H and O–H groups in total. The lowest BCUT2D eigenvalue weighted by Gasteiger charge is -2.50. The van der Waals surface area contributed by atoms with Gasteiger partial charge in [0.25, 0.3) is 0 Å². The average Bonchev–Trinajstić information content (AvgIpc) is 2.49. The second-order valence-corrected chi connectivity index (χ2v) is 7.43. The lowest BCUT2D eigenvalue weighted by Crippen LogP contribution is -2.64. The van der Waals surface area contributed by atoms with Crippen LogP contribution in [0, 0.1) is 5.92 Å². The Bertz CT molecular complexity index is 440. The summed E-state index contributed by atoms with van der Waals surface area (Å²) in [5, 5.41) is 3.77. The zero-order chi connectivity index (χ0) is 15.5. The van der Waals surface area contributed by atoms with Crippen LogP contribution >= 0.6 is 15.9 Å². The van der Waals surface area contributed by atoms with Crippen molar-refractivity contribution in [3.05, 3.63) is 28.5 Å².